The Kier molecular flexibility index (Phi) is 4.53. The minimum Gasteiger partial charge on any atom is -0.497 e. The van der Waals surface area contributed by atoms with E-state index in [1.165, 1.54) is 23.4 Å². The van der Waals surface area contributed by atoms with Crippen molar-refractivity contribution in [3.8, 4) is 5.75 Å². The second-order valence-electron chi connectivity index (χ2n) is 5.25. The SMILES string of the molecule is COc1cccc(C(O)CNCc2nc3c(s2)CCC3)c1. The number of nitrogens with zero attached hydrogens (tertiary/aromatic N) is 1. The molecule has 1 aliphatic rings. The summed E-state index contributed by atoms with van der Waals surface area (Å²) in [6.07, 6.45) is 3.01. The molecule has 1 atom stereocenters. The molecule has 0 amide bonds. The minimum atomic E-state index is -0.535. The molecule has 4 nitrogen and oxygen atoms in total. The molecule has 112 valence electrons. The van der Waals surface area contributed by atoms with Gasteiger partial charge in [-0.1, -0.05) is 12.1 Å². The topological polar surface area (TPSA) is 54.4 Å². The summed E-state index contributed by atoms with van der Waals surface area (Å²) in [5, 5.41) is 14.6. The van der Waals surface area contributed by atoms with Crippen LogP contribution in [-0.2, 0) is 19.4 Å². The van der Waals surface area contributed by atoms with E-state index in [-0.39, 0.29) is 0 Å². The number of benzene rings is 1. The van der Waals surface area contributed by atoms with Gasteiger partial charge in [-0.25, -0.2) is 4.98 Å². The van der Waals surface area contributed by atoms with Gasteiger partial charge in [-0.2, -0.15) is 0 Å². The first-order valence-corrected chi connectivity index (χ1v) is 8.08. The number of fused-ring (bicyclic) bond motifs is 1. The summed E-state index contributed by atoms with van der Waals surface area (Å²) in [5.74, 6) is 0.767. The summed E-state index contributed by atoms with van der Waals surface area (Å²) in [4.78, 5) is 6.09. The van der Waals surface area contributed by atoms with E-state index in [0.29, 0.717) is 6.54 Å². The van der Waals surface area contributed by atoms with Crippen molar-refractivity contribution in [2.45, 2.75) is 31.9 Å². The fourth-order valence-corrected chi connectivity index (χ4v) is 3.73. The first kappa shape index (κ1) is 14.5. The van der Waals surface area contributed by atoms with Gasteiger partial charge in [-0.05, 0) is 37.0 Å². The van der Waals surface area contributed by atoms with Crippen LogP contribution in [0.25, 0.3) is 0 Å². The molecule has 1 heterocycles. The molecule has 1 unspecified atom stereocenters. The summed E-state index contributed by atoms with van der Waals surface area (Å²) < 4.78 is 5.17. The smallest absolute Gasteiger partial charge is 0.119 e. The number of aliphatic hydroxyl groups excluding tert-OH is 1. The largest absolute Gasteiger partial charge is 0.497 e. The number of rotatable bonds is 6. The first-order chi connectivity index (χ1) is 10.3. The molecule has 1 aromatic carbocycles. The highest BCUT2D eigenvalue weighted by molar-refractivity contribution is 7.11. The molecule has 2 N–H and O–H groups in total. The Morgan fingerprint density at radius 3 is 3.14 bits per heavy atom. The zero-order valence-corrected chi connectivity index (χ0v) is 12.9. The molecule has 0 spiro atoms. The third-order valence-electron chi connectivity index (χ3n) is 3.73. The molecule has 0 saturated heterocycles. The molecule has 0 saturated carbocycles. The highest BCUT2D eigenvalue weighted by Crippen LogP contribution is 2.27. The van der Waals surface area contributed by atoms with E-state index in [2.05, 4.69) is 10.3 Å². The molecule has 0 aliphatic heterocycles. The number of methoxy groups -OCH3 is 1. The van der Waals surface area contributed by atoms with Crippen LogP contribution in [-0.4, -0.2) is 23.7 Å². The van der Waals surface area contributed by atoms with Crippen LogP contribution in [0.1, 0.15) is 33.7 Å². The van der Waals surface area contributed by atoms with Gasteiger partial charge in [0.25, 0.3) is 0 Å². The Bertz CT molecular complexity index is 591. The third kappa shape index (κ3) is 3.43. The van der Waals surface area contributed by atoms with Gasteiger partial charge in [-0.3, -0.25) is 0 Å². The zero-order chi connectivity index (χ0) is 14.7. The number of aliphatic hydroxyl groups is 1. The number of hydrogen-bond donors (Lipinski definition) is 2. The van der Waals surface area contributed by atoms with Crippen LogP contribution in [0.5, 0.6) is 5.75 Å². The summed E-state index contributed by atoms with van der Waals surface area (Å²) in [5.41, 5.74) is 2.15. The maximum absolute atomic E-state index is 10.2. The van der Waals surface area contributed by atoms with E-state index in [1.54, 1.807) is 18.4 Å². The second-order valence-corrected chi connectivity index (χ2v) is 6.42. The van der Waals surface area contributed by atoms with Gasteiger partial charge in [0.1, 0.15) is 10.8 Å². The van der Waals surface area contributed by atoms with Crippen molar-refractivity contribution in [1.29, 1.82) is 0 Å². The van der Waals surface area contributed by atoms with Crippen LogP contribution >= 0.6 is 11.3 Å². The van der Waals surface area contributed by atoms with E-state index in [9.17, 15) is 5.11 Å². The molecular weight excluding hydrogens is 284 g/mol. The van der Waals surface area contributed by atoms with Crippen molar-refractivity contribution >= 4 is 11.3 Å². The van der Waals surface area contributed by atoms with E-state index in [4.69, 9.17) is 4.74 Å². The van der Waals surface area contributed by atoms with Gasteiger partial charge < -0.3 is 15.2 Å². The van der Waals surface area contributed by atoms with Crippen molar-refractivity contribution in [3.63, 3.8) is 0 Å². The normalized spacial score (nSPS) is 15.0. The van der Waals surface area contributed by atoms with E-state index in [0.717, 1.165) is 29.3 Å². The van der Waals surface area contributed by atoms with Crippen LogP contribution in [0, 0.1) is 0 Å². The summed E-state index contributed by atoms with van der Waals surface area (Å²) in [7, 11) is 1.63. The number of nitrogens with one attached hydrogen (secondary N) is 1. The molecule has 5 heteroatoms. The van der Waals surface area contributed by atoms with E-state index >= 15 is 0 Å². The van der Waals surface area contributed by atoms with Crippen molar-refractivity contribution in [2.24, 2.45) is 0 Å². The van der Waals surface area contributed by atoms with Crippen molar-refractivity contribution < 1.29 is 9.84 Å². The molecule has 2 aromatic rings. The predicted molar refractivity (Wildman–Crippen MR) is 83.8 cm³/mol. The molecule has 0 radical (unpaired) electrons. The van der Waals surface area contributed by atoms with Crippen molar-refractivity contribution in [1.82, 2.24) is 10.3 Å². The fraction of sp³-hybridized carbons (Fsp3) is 0.438. The quantitative estimate of drug-likeness (QED) is 0.861. The first-order valence-electron chi connectivity index (χ1n) is 7.26. The van der Waals surface area contributed by atoms with E-state index in [1.807, 2.05) is 24.3 Å². The molecule has 3 rings (SSSR count). The Labute approximate surface area is 128 Å². The summed E-state index contributed by atoms with van der Waals surface area (Å²) in [6, 6.07) is 7.54. The Hall–Kier alpha value is -1.43. The van der Waals surface area contributed by atoms with Gasteiger partial charge in [0.2, 0.25) is 0 Å². The number of aromatic nitrogens is 1. The predicted octanol–water partition coefficient (Wildman–Crippen LogP) is 2.46. The van der Waals surface area contributed by atoms with Crippen LogP contribution in [0.15, 0.2) is 24.3 Å². The number of aryl methyl sites for hydroxylation is 2. The Balaban J connectivity index is 1.52. The molecule has 0 fully saturated rings. The average Bonchev–Trinajstić information content (AvgIpc) is 3.08. The molecular formula is C16H20N2O2S. The minimum absolute atomic E-state index is 0.511. The van der Waals surface area contributed by atoms with Crippen LogP contribution in [0.2, 0.25) is 0 Å². The monoisotopic (exact) mass is 304 g/mol. The average molecular weight is 304 g/mol. The van der Waals surface area contributed by atoms with Crippen LogP contribution in [0.3, 0.4) is 0 Å². The van der Waals surface area contributed by atoms with Gasteiger partial charge in [-0.15, -0.1) is 11.3 Å². The zero-order valence-electron chi connectivity index (χ0n) is 12.1. The van der Waals surface area contributed by atoms with E-state index < -0.39 is 6.10 Å². The number of hydrogen-bond acceptors (Lipinski definition) is 5. The van der Waals surface area contributed by atoms with Gasteiger partial charge >= 0.3 is 0 Å². The second kappa shape index (κ2) is 6.56. The molecule has 21 heavy (non-hydrogen) atoms. The van der Waals surface area contributed by atoms with Crippen LogP contribution < -0.4 is 10.1 Å². The maximum Gasteiger partial charge on any atom is 0.119 e. The van der Waals surface area contributed by atoms with Gasteiger partial charge in [0, 0.05) is 18.0 Å². The van der Waals surface area contributed by atoms with Crippen molar-refractivity contribution in [3.05, 3.63) is 45.4 Å². The molecule has 0 bridgehead atoms. The van der Waals surface area contributed by atoms with Gasteiger partial charge in [0.05, 0.1) is 18.9 Å². The third-order valence-corrected chi connectivity index (χ3v) is 4.89. The molecule has 1 aromatic heterocycles. The lowest BCUT2D eigenvalue weighted by Gasteiger charge is -2.12. The highest BCUT2D eigenvalue weighted by Gasteiger charge is 2.16. The fourth-order valence-electron chi connectivity index (χ4n) is 2.60. The lowest BCUT2D eigenvalue weighted by atomic mass is 10.1. The lowest BCUT2D eigenvalue weighted by Crippen LogP contribution is -2.21. The summed E-state index contributed by atoms with van der Waals surface area (Å²) in [6.45, 7) is 1.23. The van der Waals surface area contributed by atoms with Crippen molar-refractivity contribution in [2.75, 3.05) is 13.7 Å². The number of ether oxygens (including phenoxy) is 1. The van der Waals surface area contributed by atoms with Crippen LogP contribution in [0.4, 0.5) is 0 Å². The maximum atomic E-state index is 10.2. The Morgan fingerprint density at radius 1 is 1.43 bits per heavy atom. The standard InChI is InChI=1S/C16H20N2O2S/c1-20-12-5-2-4-11(8-12)14(19)9-17-10-16-18-13-6-3-7-15(13)21-16/h2,4-5,8,14,17,19H,3,6-7,9-10H2,1H3. The summed E-state index contributed by atoms with van der Waals surface area (Å²) >= 11 is 1.80. The van der Waals surface area contributed by atoms with Gasteiger partial charge in [0.15, 0.2) is 0 Å². The number of thiazole rings is 1. The molecule has 1 aliphatic carbocycles. The lowest BCUT2D eigenvalue weighted by molar-refractivity contribution is 0.174. The highest BCUT2D eigenvalue weighted by atomic mass is 32.1. The Morgan fingerprint density at radius 2 is 2.33 bits per heavy atom.